The highest BCUT2D eigenvalue weighted by molar-refractivity contribution is 6.32. The molecule has 31 heavy (non-hydrogen) atoms. The van der Waals surface area contributed by atoms with E-state index in [9.17, 15) is 14.9 Å². The molecule has 0 unspecified atom stereocenters. The van der Waals surface area contributed by atoms with Crippen LogP contribution in [-0.2, 0) is 11.4 Å². The fraction of sp³-hybridized carbons (Fsp3) is 0.0417. The number of amides is 3. The van der Waals surface area contributed by atoms with Crippen molar-refractivity contribution in [2.75, 3.05) is 4.90 Å². The van der Waals surface area contributed by atoms with E-state index in [1.807, 2.05) is 12.1 Å². The highest BCUT2D eigenvalue weighted by atomic mass is 35.5. The van der Waals surface area contributed by atoms with E-state index in [-0.39, 0.29) is 12.3 Å². The van der Waals surface area contributed by atoms with E-state index in [1.165, 1.54) is 0 Å². The van der Waals surface area contributed by atoms with Gasteiger partial charge in [-0.15, -0.1) is 0 Å². The molecule has 7 heteroatoms. The van der Waals surface area contributed by atoms with E-state index in [0.29, 0.717) is 27.6 Å². The standard InChI is InChI=1S/C24H16ClN3O3/c25-19-9-5-10-20(13-19)28-23(29)21(27-24(28)30)12-16-6-3-4-11-22(16)31-15-18-8-2-1-7-17(18)14-26/h1-13H,15H2,(H,27,30)/b21-12+. The van der Waals surface area contributed by atoms with Gasteiger partial charge in [0.2, 0.25) is 0 Å². The van der Waals surface area contributed by atoms with Crippen molar-refractivity contribution in [2.24, 2.45) is 0 Å². The van der Waals surface area contributed by atoms with Gasteiger partial charge in [-0.2, -0.15) is 5.26 Å². The number of ether oxygens (including phenoxy) is 1. The number of halogens is 1. The van der Waals surface area contributed by atoms with Crippen LogP contribution in [0.5, 0.6) is 5.75 Å². The number of para-hydroxylation sites is 1. The van der Waals surface area contributed by atoms with Gasteiger partial charge >= 0.3 is 6.03 Å². The molecule has 152 valence electrons. The molecule has 3 aromatic carbocycles. The molecular formula is C24H16ClN3O3. The highest BCUT2D eigenvalue weighted by Crippen LogP contribution is 2.27. The van der Waals surface area contributed by atoms with Crippen molar-refractivity contribution in [1.29, 1.82) is 5.26 Å². The summed E-state index contributed by atoms with van der Waals surface area (Å²) in [6.45, 7) is 0.193. The molecule has 0 aromatic heterocycles. The molecule has 0 atom stereocenters. The Bertz CT molecular complexity index is 1250. The average Bonchev–Trinajstić information content (AvgIpc) is 3.06. The van der Waals surface area contributed by atoms with Crippen molar-refractivity contribution in [3.05, 3.63) is 100 Å². The third kappa shape index (κ3) is 4.27. The molecule has 6 nitrogen and oxygen atoms in total. The van der Waals surface area contributed by atoms with Gasteiger partial charge in [-0.3, -0.25) is 4.79 Å². The maximum absolute atomic E-state index is 12.9. The van der Waals surface area contributed by atoms with E-state index in [4.69, 9.17) is 16.3 Å². The number of nitrogens with one attached hydrogen (secondary N) is 1. The van der Waals surface area contributed by atoms with Crippen LogP contribution in [0.15, 0.2) is 78.5 Å². The lowest BCUT2D eigenvalue weighted by atomic mass is 10.1. The molecule has 1 heterocycles. The van der Waals surface area contributed by atoms with Gasteiger partial charge in [0.25, 0.3) is 5.91 Å². The second kappa shape index (κ2) is 8.74. The van der Waals surface area contributed by atoms with Crippen LogP contribution in [0.2, 0.25) is 5.02 Å². The number of carbonyl (C=O) groups excluding carboxylic acids is 2. The molecule has 3 amide bonds. The summed E-state index contributed by atoms with van der Waals surface area (Å²) in [6.07, 6.45) is 1.57. The van der Waals surface area contributed by atoms with Gasteiger partial charge in [0.1, 0.15) is 18.1 Å². The summed E-state index contributed by atoms with van der Waals surface area (Å²) in [5, 5.41) is 12.3. The van der Waals surface area contributed by atoms with Gasteiger partial charge < -0.3 is 10.1 Å². The summed E-state index contributed by atoms with van der Waals surface area (Å²) in [7, 11) is 0. The molecule has 0 bridgehead atoms. The molecule has 4 rings (SSSR count). The third-order valence-electron chi connectivity index (χ3n) is 4.68. The summed E-state index contributed by atoms with van der Waals surface area (Å²) in [5.41, 5.74) is 2.42. The maximum atomic E-state index is 12.9. The van der Waals surface area contributed by atoms with E-state index >= 15 is 0 Å². The van der Waals surface area contributed by atoms with E-state index in [2.05, 4.69) is 11.4 Å². The third-order valence-corrected chi connectivity index (χ3v) is 4.92. The highest BCUT2D eigenvalue weighted by Gasteiger charge is 2.35. The first-order valence-corrected chi connectivity index (χ1v) is 9.77. The van der Waals surface area contributed by atoms with E-state index < -0.39 is 11.9 Å². The Morgan fingerprint density at radius 2 is 1.81 bits per heavy atom. The zero-order valence-electron chi connectivity index (χ0n) is 16.2. The van der Waals surface area contributed by atoms with Crippen LogP contribution in [0, 0.1) is 11.3 Å². The Labute approximate surface area is 183 Å². The number of nitrogens with zero attached hydrogens (tertiary/aromatic N) is 2. The lowest BCUT2D eigenvalue weighted by Crippen LogP contribution is -2.30. The van der Waals surface area contributed by atoms with Crippen LogP contribution in [0.25, 0.3) is 6.08 Å². The molecule has 1 aliphatic heterocycles. The summed E-state index contributed by atoms with van der Waals surface area (Å²) in [5.74, 6) is 0.0305. The molecule has 0 radical (unpaired) electrons. The summed E-state index contributed by atoms with van der Waals surface area (Å²) in [6, 6.07) is 22.4. The van der Waals surface area contributed by atoms with Gasteiger partial charge in [0.15, 0.2) is 0 Å². The number of hydrogen-bond donors (Lipinski definition) is 1. The summed E-state index contributed by atoms with van der Waals surface area (Å²) in [4.78, 5) is 26.3. The molecule has 1 fully saturated rings. The minimum atomic E-state index is -0.556. The van der Waals surface area contributed by atoms with Crippen LogP contribution >= 0.6 is 11.6 Å². The normalized spacial score (nSPS) is 14.5. The van der Waals surface area contributed by atoms with E-state index in [0.717, 1.165) is 10.5 Å². The van der Waals surface area contributed by atoms with Gasteiger partial charge in [0.05, 0.1) is 17.3 Å². The minimum absolute atomic E-state index is 0.124. The van der Waals surface area contributed by atoms with Crippen molar-refractivity contribution in [3.8, 4) is 11.8 Å². The van der Waals surface area contributed by atoms with Crippen molar-refractivity contribution in [1.82, 2.24) is 5.32 Å². The number of rotatable bonds is 5. The fourth-order valence-corrected chi connectivity index (χ4v) is 3.37. The molecular weight excluding hydrogens is 414 g/mol. The van der Waals surface area contributed by atoms with Crippen LogP contribution in [0.1, 0.15) is 16.7 Å². The van der Waals surface area contributed by atoms with Gasteiger partial charge in [-0.05, 0) is 36.4 Å². The Hall–Kier alpha value is -4.08. The predicted octanol–water partition coefficient (Wildman–Crippen LogP) is 4.89. The smallest absolute Gasteiger partial charge is 0.333 e. The van der Waals surface area contributed by atoms with Gasteiger partial charge in [-0.1, -0.05) is 54.1 Å². The zero-order valence-corrected chi connectivity index (χ0v) is 17.0. The van der Waals surface area contributed by atoms with Crippen molar-refractivity contribution in [3.63, 3.8) is 0 Å². The molecule has 0 spiro atoms. The lowest BCUT2D eigenvalue weighted by Gasteiger charge is -2.12. The summed E-state index contributed by atoms with van der Waals surface area (Å²) >= 11 is 5.99. The summed E-state index contributed by atoms with van der Waals surface area (Å²) < 4.78 is 5.91. The minimum Gasteiger partial charge on any atom is -0.488 e. The second-order valence-electron chi connectivity index (χ2n) is 6.70. The number of imide groups is 1. The molecule has 1 saturated heterocycles. The maximum Gasteiger partial charge on any atom is 0.333 e. The first-order chi connectivity index (χ1) is 15.1. The number of carbonyl (C=O) groups is 2. The Morgan fingerprint density at radius 3 is 2.61 bits per heavy atom. The van der Waals surface area contributed by atoms with Gasteiger partial charge in [-0.25, -0.2) is 9.69 Å². The van der Waals surface area contributed by atoms with Gasteiger partial charge in [0, 0.05) is 16.1 Å². The topological polar surface area (TPSA) is 82.4 Å². The number of nitriles is 1. The molecule has 1 N–H and O–H groups in total. The molecule has 1 aliphatic rings. The average molecular weight is 430 g/mol. The lowest BCUT2D eigenvalue weighted by molar-refractivity contribution is -0.113. The Morgan fingerprint density at radius 1 is 1.03 bits per heavy atom. The Kier molecular flexibility index (Phi) is 5.69. The zero-order chi connectivity index (χ0) is 21.8. The monoisotopic (exact) mass is 429 g/mol. The van der Waals surface area contributed by atoms with Crippen LogP contribution in [0.3, 0.4) is 0 Å². The predicted molar refractivity (Wildman–Crippen MR) is 117 cm³/mol. The van der Waals surface area contributed by atoms with E-state index in [1.54, 1.807) is 66.7 Å². The van der Waals surface area contributed by atoms with Crippen molar-refractivity contribution < 1.29 is 14.3 Å². The van der Waals surface area contributed by atoms with Crippen LogP contribution < -0.4 is 15.0 Å². The fourth-order valence-electron chi connectivity index (χ4n) is 3.18. The number of urea groups is 1. The molecule has 0 saturated carbocycles. The Balaban J connectivity index is 1.59. The second-order valence-corrected chi connectivity index (χ2v) is 7.14. The molecule has 3 aromatic rings. The SMILES string of the molecule is N#Cc1ccccc1COc1ccccc1/C=C1/NC(=O)N(c2cccc(Cl)c2)C1=O. The first kappa shape index (κ1) is 20.2. The number of hydrogen-bond acceptors (Lipinski definition) is 4. The molecule has 0 aliphatic carbocycles. The van der Waals surface area contributed by atoms with Crippen LogP contribution in [0.4, 0.5) is 10.5 Å². The largest absolute Gasteiger partial charge is 0.488 e. The number of anilines is 1. The van der Waals surface area contributed by atoms with Crippen molar-refractivity contribution >= 4 is 35.3 Å². The number of benzene rings is 3. The quantitative estimate of drug-likeness (QED) is 0.462. The first-order valence-electron chi connectivity index (χ1n) is 9.39. The van der Waals surface area contributed by atoms with Crippen LogP contribution in [-0.4, -0.2) is 11.9 Å². The van der Waals surface area contributed by atoms with Crippen molar-refractivity contribution in [2.45, 2.75) is 6.61 Å².